The van der Waals surface area contributed by atoms with Gasteiger partial charge >= 0.3 is 0 Å². The highest BCUT2D eigenvalue weighted by Gasteiger charge is 1.90. The van der Waals surface area contributed by atoms with Gasteiger partial charge in [0.25, 0.3) is 0 Å². The number of anilines is 1. The van der Waals surface area contributed by atoms with Crippen molar-refractivity contribution in [3.63, 3.8) is 0 Å². The quantitative estimate of drug-likeness (QED) is 0.778. The summed E-state index contributed by atoms with van der Waals surface area (Å²) < 4.78 is 1.10. The van der Waals surface area contributed by atoms with Gasteiger partial charge in [-0.3, -0.25) is 0 Å². The lowest BCUT2D eigenvalue weighted by atomic mass is 10.3. The lowest BCUT2D eigenvalue weighted by Gasteiger charge is -2.04. The van der Waals surface area contributed by atoms with Crippen molar-refractivity contribution in [3.05, 3.63) is 40.9 Å². The molecule has 0 aliphatic heterocycles. The van der Waals surface area contributed by atoms with Gasteiger partial charge in [-0.1, -0.05) is 28.1 Å². The minimum atomic E-state index is 0.835. The van der Waals surface area contributed by atoms with Crippen LogP contribution in [0.15, 0.2) is 40.9 Å². The smallest absolute Gasteiger partial charge is 0.0354 e. The summed E-state index contributed by atoms with van der Waals surface area (Å²) >= 11 is 3.38. The molecule has 0 aromatic heterocycles. The Morgan fingerprint density at radius 3 is 2.50 bits per heavy atom. The van der Waals surface area contributed by atoms with E-state index in [9.17, 15) is 0 Å². The predicted octanol–water partition coefficient (Wildman–Crippen LogP) is 3.44. The molecule has 0 radical (unpaired) electrons. The van der Waals surface area contributed by atoms with Crippen molar-refractivity contribution in [2.24, 2.45) is 0 Å². The summed E-state index contributed by atoms with van der Waals surface area (Å²) in [5.41, 5.74) is 2.26. The summed E-state index contributed by atoms with van der Waals surface area (Å²) in [6, 6.07) is 8.10. The van der Waals surface area contributed by atoms with Crippen molar-refractivity contribution in [1.82, 2.24) is 0 Å². The molecule has 1 aromatic rings. The third-order valence-corrected chi connectivity index (χ3v) is 1.97. The summed E-state index contributed by atoms with van der Waals surface area (Å²) in [5.74, 6) is 0. The van der Waals surface area contributed by atoms with Crippen LogP contribution in [0.1, 0.15) is 6.92 Å². The van der Waals surface area contributed by atoms with E-state index in [-0.39, 0.29) is 0 Å². The fraction of sp³-hybridized carbons (Fsp3) is 0.200. The van der Waals surface area contributed by atoms with Crippen molar-refractivity contribution in [2.45, 2.75) is 6.92 Å². The van der Waals surface area contributed by atoms with Crippen molar-refractivity contribution in [1.29, 1.82) is 0 Å². The molecule has 2 heteroatoms. The zero-order chi connectivity index (χ0) is 8.97. The monoisotopic (exact) mass is 225 g/mol. The van der Waals surface area contributed by atoms with Crippen molar-refractivity contribution < 1.29 is 0 Å². The molecule has 0 atom stereocenters. The van der Waals surface area contributed by atoms with Crippen LogP contribution in [0.3, 0.4) is 0 Å². The normalized spacial score (nSPS) is 9.50. The van der Waals surface area contributed by atoms with Gasteiger partial charge in [0.15, 0.2) is 0 Å². The Labute approximate surface area is 81.6 Å². The lowest BCUT2D eigenvalue weighted by Crippen LogP contribution is -2.00. The molecule has 0 spiro atoms. The van der Waals surface area contributed by atoms with Crippen LogP contribution in [0.25, 0.3) is 0 Å². The van der Waals surface area contributed by atoms with Crippen molar-refractivity contribution in [3.8, 4) is 0 Å². The van der Waals surface area contributed by atoms with Gasteiger partial charge in [-0.25, -0.2) is 0 Å². The van der Waals surface area contributed by atoms with Crippen LogP contribution in [-0.2, 0) is 0 Å². The second-order valence-corrected chi connectivity index (χ2v) is 3.73. The summed E-state index contributed by atoms with van der Waals surface area (Å²) in [5, 5.41) is 3.25. The second kappa shape index (κ2) is 4.31. The molecule has 12 heavy (non-hydrogen) atoms. The topological polar surface area (TPSA) is 12.0 Å². The highest BCUT2D eigenvalue weighted by Crippen LogP contribution is 2.13. The minimum Gasteiger partial charge on any atom is -0.381 e. The van der Waals surface area contributed by atoms with E-state index in [4.69, 9.17) is 0 Å². The molecular weight excluding hydrogens is 214 g/mol. The zero-order valence-corrected chi connectivity index (χ0v) is 8.69. The Hall–Kier alpha value is -0.760. The average Bonchev–Trinajstić information content (AvgIpc) is 2.03. The molecule has 0 bridgehead atoms. The van der Waals surface area contributed by atoms with Gasteiger partial charge < -0.3 is 5.32 Å². The molecule has 0 aliphatic carbocycles. The average molecular weight is 226 g/mol. The Bertz CT molecular complexity index is 264. The molecular formula is C10H12BrN. The van der Waals surface area contributed by atoms with E-state index in [1.807, 2.05) is 31.2 Å². The molecule has 64 valence electrons. The molecule has 1 aromatic carbocycles. The first kappa shape index (κ1) is 9.33. The van der Waals surface area contributed by atoms with Crippen LogP contribution in [0.2, 0.25) is 0 Å². The number of halogens is 1. The summed E-state index contributed by atoms with van der Waals surface area (Å²) in [4.78, 5) is 0. The first-order valence-electron chi connectivity index (χ1n) is 3.82. The van der Waals surface area contributed by atoms with Crippen LogP contribution in [0, 0.1) is 0 Å². The third-order valence-electron chi connectivity index (χ3n) is 1.44. The van der Waals surface area contributed by atoms with Gasteiger partial charge in [-0.15, -0.1) is 0 Å². The number of benzene rings is 1. The third kappa shape index (κ3) is 3.09. The van der Waals surface area contributed by atoms with E-state index in [1.54, 1.807) is 0 Å². The van der Waals surface area contributed by atoms with Gasteiger partial charge in [0.05, 0.1) is 0 Å². The van der Waals surface area contributed by atoms with Crippen LogP contribution in [-0.4, -0.2) is 6.54 Å². The summed E-state index contributed by atoms with van der Waals surface area (Å²) in [6.45, 7) is 6.66. The molecule has 1 N–H and O–H groups in total. The lowest BCUT2D eigenvalue weighted by molar-refractivity contribution is 1.22. The zero-order valence-electron chi connectivity index (χ0n) is 7.10. The Balaban J connectivity index is 2.53. The van der Waals surface area contributed by atoms with Gasteiger partial charge in [-0.05, 0) is 31.2 Å². The number of hydrogen-bond donors (Lipinski definition) is 1. The Morgan fingerprint density at radius 2 is 2.00 bits per heavy atom. The predicted molar refractivity (Wildman–Crippen MR) is 57.4 cm³/mol. The highest BCUT2D eigenvalue weighted by atomic mass is 79.9. The first-order valence-corrected chi connectivity index (χ1v) is 4.61. The molecule has 0 heterocycles. The molecule has 0 unspecified atom stereocenters. The van der Waals surface area contributed by atoms with E-state index < -0.39 is 0 Å². The number of hydrogen-bond acceptors (Lipinski definition) is 1. The maximum Gasteiger partial charge on any atom is 0.0354 e. The molecule has 0 aliphatic rings. The van der Waals surface area contributed by atoms with Crippen LogP contribution >= 0.6 is 15.9 Å². The largest absolute Gasteiger partial charge is 0.381 e. The standard InChI is InChI=1S/C10H12BrN/c1-8(2)7-12-10-5-3-9(11)4-6-10/h3-6,12H,1,7H2,2H3. The Kier molecular flexibility index (Phi) is 3.35. The van der Waals surface area contributed by atoms with Crippen LogP contribution < -0.4 is 5.32 Å². The van der Waals surface area contributed by atoms with Gasteiger partial charge in [0, 0.05) is 16.7 Å². The highest BCUT2D eigenvalue weighted by molar-refractivity contribution is 9.10. The summed E-state index contributed by atoms with van der Waals surface area (Å²) in [6.07, 6.45) is 0. The van der Waals surface area contributed by atoms with E-state index >= 15 is 0 Å². The van der Waals surface area contributed by atoms with Gasteiger partial charge in [0.2, 0.25) is 0 Å². The Morgan fingerprint density at radius 1 is 1.42 bits per heavy atom. The van der Waals surface area contributed by atoms with Gasteiger partial charge in [-0.2, -0.15) is 0 Å². The van der Waals surface area contributed by atoms with Crippen molar-refractivity contribution >= 4 is 21.6 Å². The van der Waals surface area contributed by atoms with Crippen LogP contribution in [0.4, 0.5) is 5.69 Å². The molecule has 0 saturated carbocycles. The number of nitrogens with one attached hydrogen (secondary N) is 1. The maximum absolute atomic E-state index is 3.82. The van der Waals surface area contributed by atoms with E-state index in [0.29, 0.717) is 0 Å². The van der Waals surface area contributed by atoms with Crippen LogP contribution in [0.5, 0.6) is 0 Å². The molecule has 1 rings (SSSR count). The fourth-order valence-corrected chi connectivity index (χ4v) is 1.09. The molecule has 0 amide bonds. The molecule has 1 nitrogen and oxygen atoms in total. The second-order valence-electron chi connectivity index (χ2n) is 2.82. The number of rotatable bonds is 3. The first-order chi connectivity index (χ1) is 5.68. The fourth-order valence-electron chi connectivity index (χ4n) is 0.821. The molecule has 0 fully saturated rings. The maximum atomic E-state index is 3.82. The van der Waals surface area contributed by atoms with Gasteiger partial charge in [0.1, 0.15) is 0 Å². The minimum absolute atomic E-state index is 0.835. The van der Waals surface area contributed by atoms with Crippen molar-refractivity contribution in [2.75, 3.05) is 11.9 Å². The summed E-state index contributed by atoms with van der Waals surface area (Å²) in [7, 11) is 0. The molecule has 0 saturated heterocycles. The van der Waals surface area contributed by atoms with E-state index in [0.717, 1.165) is 22.3 Å². The van der Waals surface area contributed by atoms with E-state index in [2.05, 4.69) is 27.8 Å². The van der Waals surface area contributed by atoms with E-state index in [1.165, 1.54) is 0 Å². The SMILES string of the molecule is C=C(C)CNc1ccc(Br)cc1.